The molecule has 3 aromatic rings. The molecule has 7 nitrogen and oxygen atoms in total. The summed E-state index contributed by atoms with van der Waals surface area (Å²) in [7, 11) is 1.65. The van der Waals surface area contributed by atoms with Crippen LogP contribution in [0.25, 0.3) is 11.1 Å². The fourth-order valence-electron chi connectivity index (χ4n) is 5.03. The van der Waals surface area contributed by atoms with Gasteiger partial charge in [-0.3, -0.25) is 14.6 Å². The monoisotopic (exact) mass is 443 g/mol. The van der Waals surface area contributed by atoms with Gasteiger partial charge in [0, 0.05) is 24.9 Å². The maximum atomic E-state index is 12.9. The minimum atomic E-state index is -0.277. The summed E-state index contributed by atoms with van der Waals surface area (Å²) in [6.07, 6.45) is 3.13. The number of rotatable bonds is 5. The minimum absolute atomic E-state index is 0.0161. The fraction of sp³-hybridized carbons (Fsp3) is 0.269. The Balaban J connectivity index is 1.38. The van der Waals surface area contributed by atoms with Gasteiger partial charge in [0.15, 0.2) is 0 Å². The molecule has 2 aliphatic heterocycles. The molecule has 3 heterocycles. The van der Waals surface area contributed by atoms with Crippen LogP contribution >= 0.6 is 0 Å². The average Bonchev–Trinajstić information content (AvgIpc) is 2.85. The largest absolute Gasteiger partial charge is 0.497 e. The van der Waals surface area contributed by atoms with Crippen molar-refractivity contribution in [1.82, 2.24) is 14.8 Å². The summed E-state index contributed by atoms with van der Waals surface area (Å²) in [6.45, 7) is 0.335. The number of pyridine rings is 1. The molecule has 1 N–H and O–H groups in total. The number of carbonyl (C=O) groups excluding carboxylic acids is 2. The smallest absolute Gasteiger partial charge is 0.255 e. The van der Waals surface area contributed by atoms with E-state index in [4.69, 9.17) is 4.74 Å². The topological polar surface area (TPSA) is 83.0 Å². The highest BCUT2D eigenvalue weighted by Crippen LogP contribution is 2.43. The van der Waals surface area contributed by atoms with Crippen LogP contribution < -0.4 is 4.74 Å². The minimum Gasteiger partial charge on any atom is -0.497 e. The molecule has 0 saturated carbocycles. The highest BCUT2D eigenvalue weighted by molar-refractivity contribution is 5.97. The van der Waals surface area contributed by atoms with Gasteiger partial charge >= 0.3 is 0 Å². The molecule has 5 rings (SSSR count). The van der Waals surface area contributed by atoms with E-state index in [1.807, 2.05) is 48.5 Å². The standard InChI is InChI=1S/C26H25N3O4/c1-33-21-6-2-4-19(12-21)17-7-9-18(10-8-17)25-22-14-28(15-24(31)29(22)23(25)16-30)26(32)20-5-3-11-27-13-20/h2-13,22-23,25,30H,14-16H2,1H3/t22-,23+,25+/m0/s1. The normalized spacial score (nSPS) is 21.9. The number of aliphatic hydroxyl groups is 1. The van der Waals surface area contributed by atoms with E-state index in [1.165, 1.54) is 6.20 Å². The van der Waals surface area contributed by atoms with Crippen LogP contribution in [0.2, 0.25) is 0 Å². The molecule has 1 aromatic heterocycles. The van der Waals surface area contributed by atoms with E-state index in [2.05, 4.69) is 4.98 Å². The molecule has 0 spiro atoms. The van der Waals surface area contributed by atoms with Gasteiger partial charge in [0.1, 0.15) is 12.3 Å². The Bertz CT molecular complexity index is 1170. The second-order valence-corrected chi connectivity index (χ2v) is 8.43. The molecule has 2 aromatic carbocycles. The van der Waals surface area contributed by atoms with Crippen LogP contribution in [0.1, 0.15) is 21.8 Å². The molecule has 168 valence electrons. The Morgan fingerprint density at radius 3 is 2.64 bits per heavy atom. The van der Waals surface area contributed by atoms with Crippen LogP contribution in [0.5, 0.6) is 5.75 Å². The van der Waals surface area contributed by atoms with Crippen LogP contribution in [-0.2, 0) is 4.79 Å². The number of amides is 2. The molecule has 2 amide bonds. The van der Waals surface area contributed by atoms with Gasteiger partial charge in [0.05, 0.1) is 31.4 Å². The van der Waals surface area contributed by atoms with Crippen molar-refractivity contribution in [3.8, 4) is 16.9 Å². The van der Waals surface area contributed by atoms with Crippen molar-refractivity contribution in [2.45, 2.75) is 18.0 Å². The number of carbonyl (C=O) groups is 2. The SMILES string of the molecule is COc1cccc(-c2ccc([C@H]3[C@@H](CO)N4C(=O)CN(C(=O)c5cccnc5)C[C@@H]34)cc2)c1. The third kappa shape index (κ3) is 3.74. The number of hydrogen-bond donors (Lipinski definition) is 1. The first-order valence-electron chi connectivity index (χ1n) is 11.0. The fourth-order valence-corrected chi connectivity index (χ4v) is 5.03. The molecule has 0 bridgehead atoms. The average molecular weight is 444 g/mol. The van der Waals surface area contributed by atoms with Crippen molar-refractivity contribution in [1.29, 1.82) is 0 Å². The second kappa shape index (κ2) is 8.67. The van der Waals surface area contributed by atoms with E-state index in [-0.39, 0.29) is 43.0 Å². The molecule has 0 unspecified atom stereocenters. The van der Waals surface area contributed by atoms with Gasteiger partial charge < -0.3 is 19.6 Å². The summed E-state index contributed by atoms with van der Waals surface area (Å²) in [5.74, 6) is 0.427. The van der Waals surface area contributed by atoms with Crippen LogP contribution in [0.15, 0.2) is 73.1 Å². The first kappa shape index (κ1) is 21.2. The highest BCUT2D eigenvalue weighted by atomic mass is 16.5. The molecular formula is C26H25N3O4. The van der Waals surface area contributed by atoms with Crippen LogP contribution in [0.4, 0.5) is 0 Å². The lowest BCUT2D eigenvalue weighted by atomic mass is 9.73. The van der Waals surface area contributed by atoms with Gasteiger partial charge in [-0.15, -0.1) is 0 Å². The lowest BCUT2D eigenvalue weighted by molar-refractivity contribution is -0.159. The molecule has 3 atom stereocenters. The molecule has 7 heteroatoms. The number of nitrogens with zero attached hydrogens (tertiary/aromatic N) is 3. The van der Waals surface area contributed by atoms with E-state index in [0.717, 1.165) is 22.4 Å². The van der Waals surface area contributed by atoms with E-state index >= 15 is 0 Å². The lowest BCUT2D eigenvalue weighted by Crippen LogP contribution is -2.73. The second-order valence-electron chi connectivity index (χ2n) is 8.43. The predicted molar refractivity (Wildman–Crippen MR) is 123 cm³/mol. The van der Waals surface area contributed by atoms with E-state index < -0.39 is 0 Å². The van der Waals surface area contributed by atoms with Crippen molar-refractivity contribution >= 4 is 11.8 Å². The Labute approximate surface area is 192 Å². The number of hydrogen-bond acceptors (Lipinski definition) is 5. The predicted octanol–water partition coefficient (Wildman–Crippen LogP) is 2.57. The van der Waals surface area contributed by atoms with Crippen molar-refractivity contribution in [2.75, 3.05) is 26.8 Å². The zero-order valence-corrected chi connectivity index (χ0v) is 18.3. The molecule has 2 aliphatic rings. The zero-order valence-electron chi connectivity index (χ0n) is 18.3. The van der Waals surface area contributed by atoms with Gasteiger partial charge in [-0.2, -0.15) is 0 Å². The summed E-state index contributed by atoms with van der Waals surface area (Å²) in [5.41, 5.74) is 3.62. The van der Waals surface area contributed by atoms with Gasteiger partial charge in [-0.1, -0.05) is 36.4 Å². The number of methoxy groups -OCH3 is 1. The first-order valence-corrected chi connectivity index (χ1v) is 11.0. The Hall–Kier alpha value is -3.71. The molecule has 33 heavy (non-hydrogen) atoms. The number of aliphatic hydroxyl groups excluding tert-OH is 1. The molecule has 0 aliphatic carbocycles. The molecule has 2 saturated heterocycles. The maximum Gasteiger partial charge on any atom is 0.255 e. The van der Waals surface area contributed by atoms with E-state index in [0.29, 0.717) is 12.1 Å². The van der Waals surface area contributed by atoms with Crippen LogP contribution in [0.3, 0.4) is 0 Å². The van der Waals surface area contributed by atoms with Crippen LogP contribution in [0, 0.1) is 0 Å². The highest BCUT2D eigenvalue weighted by Gasteiger charge is 2.54. The molecule has 2 fully saturated rings. The summed E-state index contributed by atoms with van der Waals surface area (Å²) in [4.78, 5) is 33.1. The number of fused-ring (bicyclic) bond motifs is 1. The molecule has 0 radical (unpaired) electrons. The number of benzene rings is 2. The summed E-state index contributed by atoms with van der Waals surface area (Å²) in [5, 5.41) is 10.0. The maximum absolute atomic E-state index is 12.9. The van der Waals surface area contributed by atoms with Crippen molar-refractivity contribution in [2.24, 2.45) is 0 Å². The van der Waals surface area contributed by atoms with E-state index in [1.54, 1.807) is 35.2 Å². The van der Waals surface area contributed by atoms with Gasteiger partial charge in [0.2, 0.25) is 5.91 Å². The van der Waals surface area contributed by atoms with Gasteiger partial charge in [0.25, 0.3) is 5.91 Å². The first-order chi connectivity index (χ1) is 16.1. The quantitative estimate of drug-likeness (QED) is 0.655. The van der Waals surface area contributed by atoms with Crippen molar-refractivity contribution in [3.63, 3.8) is 0 Å². The number of piperazine rings is 1. The summed E-state index contributed by atoms with van der Waals surface area (Å²) >= 11 is 0. The number of aromatic nitrogens is 1. The molecular weight excluding hydrogens is 418 g/mol. The zero-order chi connectivity index (χ0) is 22.9. The Morgan fingerprint density at radius 1 is 1.12 bits per heavy atom. The van der Waals surface area contributed by atoms with Crippen LogP contribution in [-0.4, -0.2) is 70.6 Å². The van der Waals surface area contributed by atoms with Crippen molar-refractivity contribution < 1.29 is 19.4 Å². The Morgan fingerprint density at radius 2 is 1.94 bits per heavy atom. The van der Waals surface area contributed by atoms with E-state index in [9.17, 15) is 14.7 Å². The lowest BCUT2D eigenvalue weighted by Gasteiger charge is -2.58. The summed E-state index contributed by atoms with van der Waals surface area (Å²) in [6, 6.07) is 19.0. The van der Waals surface area contributed by atoms with Gasteiger partial charge in [-0.25, -0.2) is 0 Å². The third-order valence-corrected chi connectivity index (χ3v) is 6.65. The third-order valence-electron chi connectivity index (χ3n) is 6.65. The van der Waals surface area contributed by atoms with Crippen molar-refractivity contribution in [3.05, 3.63) is 84.2 Å². The summed E-state index contributed by atoms with van der Waals surface area (Å²) < 4.78 is 5.32. The van der Waals surface area contributed by atoms with Gasteiger partial charge in [-0.05, 0) is 41.0 Å². The Kier molecular flexibility index (Phi) is 5.56. The number of ether oxygens (including phenoxy) is 1.